The summed E-state index contributed by atoms with van der Waals surface area (Å²) in [5.41, 5.74) is 5.87. The van der Waals surface area contributed by atoms with Crippen LogP contribution in [0.15, 0.2) is 29.1 Å². The lowest BCUT2D eigenvalue weighted by molar-refractivity contribution is -0.143. The molecule has 174 valence electrons. The second-order valence-electron chi connectivity index (χ2n) is 7.58. The van der Waals surface area contributed by atoms with Gasteiger partial charge >= 0.3 is 11.7 Å². The van der Waals surface area contributed by atoms with Crippen molar-refractivity contribution in [2.75, 3.05) is 20.3 Å². The fourth-order valence-corrected chi connectivity index (χ4v) is 3.89. The molecule has 1 aliphatic heterocycles. The molecule has 11 heteroatoms. The maximum Gasteiger partial charge on any atom is 0.331 e. The smallest absolute Gasteiger partial charge is 0.331 e. The number of carbonyl (C=O) groups is 2. The lowest BCUT2D eigenvalue weighted by Crippen LogP contribution is -2.31. The van der Waals surface area contributed by atoms with Gasteiger partial charge in [0.2, 0.25) is 0 Å². The molecular formula is C22H25N5O6. The first-order chi connectivity index (χ1) is 15.9. The van der Waals surface area contributed by atoms with Gasteiger partial charge in [0.1, 0.15) is 17.8 Å². The summed E-state index contributed by atoms with van der Waals surface area (Å²) in [4.78, 5) is 46.9. The first-order valence-electron chi connectivity index (χ1n) is 10.7. The minimum Gasteiger partial charge on any atom is -0.497 e. The number of primary amides is 1. The molecule has 33 heavy (non-hydrogen) atoms. The third-order valence-electron chi connectivity index (χ3n) is 5.44. The molecule has 1 fully saturated rings. The Balaban J connectivity index is 1.93. The predicted molar refractivity (Wildman–Crippen MR) is 118 cm³/mol. The van der Waals surface area contributed by atoms with Crippen LogP contribution in [0.3, 0.4) is 0 Å². The molecule has 4 rings (SSSR count). The summed E-state index contributed by atoms with van der Waals surface area (Å²) in [5, 5.41) is 0. The van der Waals surface area contributed by atoms with E-state index in [1.165, 1.54) is 4.57 Å². The number of fused-ring (bicyclic) bond motifs is 1. The van der Waals surface area contributed by atoms with Gasteiger partial charge < -0.3 is 19.9 Å². The van der Waals surface area contributed by atoms with E-state index in [0.29, 0.717) is 17.9 Å². The fraction of sp³-hybridized carbons (Fsp3) is 0.409. The molecule has 1 atom stereocenters. The van der Waals surface area contributed by atoms with Gasteiger partial charge in [-0.15, -0.1) is 0 Å². The van der Waals surface area contributed by atoms with E-state index in [2.05, 4.69) is 9.97 Å². The van der Waals surface area contributed by atoms with Crippen LogP contribution in [0.25, 0.3) is 22.6 Å². The van der Waals surface area contributed by atoms with E-state index in [-0.39, 0.29) is 41.9 Å². The van der Waals surface area contributed by atoms with Crippen LogP contribution in [0.2, 0.25) is 0 Å². The van der Waals surface area contributed by atoms with Crippen LogP contribution in [0.1, 0.15) is 30.3 Å². The number of aromatic nitrogens is 4. The number of methoxy groups -OCH3 is 1. The van der Waals surface area contributed by atoms with E-state index in [1.807, 2.05) is 0 Å². The average Bonchev–Trinajstić information content (AvgIpc) is 3.41. The molecule has 0 aliphatic carbocycles. The van der Waals surface area contributed by atoms with Crippen molar-refractivity contribution in [3.63, 3.8) is 0 Å². The molecule has 1 amide bonds. The van der Waals surface area contributed by atoms with Crippen molar-refractivity contribution in [3.05, 3.63) is 40.4 Å². The number of esters is 1. The van der Waals surface area contributed by atoms with Crippen molar-refractivity contribution in [3.8, 4) is 17.1 Å². The van der Waals surface area contributed by atoms with Crippen LogP contribution in [-0.4, -0.2) is 57.4 Å². The molecule has 0 radical (unpaired) electrons. The maximum absolute atomic E-state index is 13.3. The van der Waals surface area contributed by atoms with Crippen molar-refractivity contribution in [2.24, 2.45) is 5.73 Å². The van der Waals surface area contributed by atoms with Crippen LogP contribution in [-0.2, 0) is 27.4 Å². The molecule has 2 aromatic heterocycles. The van der Waals surface area contributed by atoms with E-state index < -0.39 is 24.1 Å². The highest BCUT2D eigenvalue weighted by Crippen LogP contribution is 2.24. The molecule has 2 N–H and O–H groups in total. The Hall–Kier alpha value is -3.73. The van der Waals surface area contributed by atoms with Crippen LogP contribution in [0, 0.1) is 0 Å². The summed E-state index contributed by atoms with van der Waals surface area (Å²) in [6, 6.07) is 6.95. The Morgan fingerprint density at radius 1 is 1.21 bits per heavy atom. The summed E-state index contributed by atoms with van der Waals surface area (Å²) in [6.45, 7) is 2.26. The van der Waals surface area contributed by atoms with E-state index in [0.717, 1.165) is 17.4 Å². The molecule has 1 saturated heterocycles. The highest BCUT2D eigenvalue weighted by molar-refractivity contribution is 6.02. The number of nitrogens with zero attached hydrogens (tertiary/aromatic N) is 4. The highest BCUT2D eigenvalue weighted by Gasteiger charge is 2.27. The third-order valence-corrected chi connectivity index (χ3v) is 5.44. The van der Waals surface area contributed by atoms with Crippen LogP contribution >= 0.6 is 0 Å². The maximum atomic E-state index is 13.3. The molecule has 3 heterocycles. The Labute approximate surface area is 189 Å². The van der Waals surface area contributed by atoms with E-state index >= 15 is 0 Å². The van der Waals surface area contributed by atoms with Gasteiger partial charge in [-0.2, -0.15) is 0 Å². The fourth-order valence-electron chi connectivity index (χ4n) is 3.89. The van der Waals surface area contributed by atoms with Gasteiger partial charge in [0.15, 0.2) is 17.2 Å². The standard InChI is InChI=1S/C22H25N5O6/c1-3-32-16(28)12-26-18-17(19(23)29)24-20(13-6-8-14(31-2)9-7-13)25-21(18)27(22(26)30)11-15-5-4-10-33-15/h6-9,15H,3-5,10-12H2,1-2H3,(H2,23,29). The number of carbonyl (C=O) groups excluding carboxylic acids is 2. The number of imidazole rings is 1. The molecule has 1 aliphatic rings. The summed E-state index contributed by atoms with van der Waals surface area (Å²) in [6.07, 6.45) is 1.50. The van der Waals surface area contributed by atoms with Crippen molar-refractivity contribution in [1.29, 1.82) is 0 Å². The number of benzene rings is 1. The van der Waals surface area contributed by atoms with Crippen LogP contribution < -0.4 is 16.2 Å². The monoisotopic (exact) mass is 455 g/mol. The summed E-state index contributed by atoms with van der Waals surface area (Å²) in [5.74, 6) is -0.603. The minimum absolute atomic E-state index is 0.0933. The van der Waals surface area contributed by atoms with Gasteiger partial charge in [0.05, 0.1) is 26.4 Å². The molecule has 3 aromatic rings. The second-order valence-corrected chi connectivity index (χ2v) is 7.58. The van der Waals surface area contributed by atoms with Crippen molar-refractivity contribution < 1.29 is 23.8 Å². The normalized spacial score (nSPS) is 15.6. The molecule has 0 bridgehead atoms. The van der Waals surface area contributed by atoms with E-state index in [9.17, 15) is 14.4 Å². The largest absolute Gasteiger partial charge is 0.497 e. The average molecular weight is 455 g/mol. The lowest BCUT2D eigenvalue weighted by Gasteiger charge is -2.10. The number of amides is 1. The second kappa shape index (κ2) is 9.41. The van der Waals surface area contributed by atoms with Gasteiger partial charge in [0.25, 0.3) is 5.91 Å². The zero-order valence-electron chi connectivity index (χ0n) is 18.4. The molecule has 11 nitrogen and oxygen atoms in total. The molecule has 1 unspecified atom stereocenters. The number of rotatable bonds is 8. The minimum atomic E-state index is -0.843. The number of nitrogens with two attached hydrogens (primary N) is 1. The third kappa shape index (κ3) is 4.44. The Morgan fingerprint density at radius 2 is 1.97 bits per heavy atom. The lowest BCUT2D eigenvalue weighted by atomic mass is 10.2. The predicted octanol–water partition coefficient (Wildman–Crippen LogP) is 1.11. The van der Waals surface area contributed by atoms with Crippen LogP contribution in [0.5, 0.6) is 5.75 Å². The van der Waals surface area contributed by atoms with Gasteiger partial charge in [-0.1, -0.05) is 0 Å². The van der Waals surface area contributed by atoms with Gasteiger partial charge in [-0.05, 0) is 44.0 Å². The number of hydrogen-bond donors (Lipinski definition) is 1. The zero-order chi connectivity index (χ0) is 23.5. The van der Waals surface area contributed by atoms with Crippen LogP contribution in [0.4, 0.5) is 0 Å². The van der Waals surface area contributed by atoms with E-state index in [4.69, 9.17) is 19.9 Å². The van der Waals surface area contributed by atoms with Crippen molar-refractivity contribution in [2.45, 2.75) is 39.0 Å². The molecule has 1 aromatic carbocycles. The zero-order valence-corrected chi connectivity index (χ0v) is 18.4. The Bertz CT molecular complexity index is 1240. The summed E-state index contributed by atoms with van der Waals surface area (Å²) < 4.78 is 18.4. The topological polar surface area (TPSA) is 141 Å². The first kappa shape index (κ1) is 22.5. The van der Waals surface area contributed by atoms with Crippen molar-refractivity contribution >= 4 is 23.0 Å². The SMILES string of the molecule is CCOC(=O)Cn1c(=O)n(CC2CCCO2)c2nc(-c3ccc(OC)cc3)nc(C(N)=O)c21. The van der Waals surface area contributed by atoms with Gasteiger partial charge in [-0.25, -0.2) is 14.8 Å². The van der Waals surface area contributed by atoms with E-state index in [1.54, 1.807) is 38.3 Å². The van der Waals surface area contributed by atoms with Gasteiger partial charge in [-0.3, -0.25) is 18.7 Å². The van der Waals surface area contributed by atoms with Gasteiger partial charge in [0, 0.05) is 12.2 Å². The Kier molecular flexibility index (Phi) is 6.40. The first-order valence-corrected chi connectivity index (χ1v) is 10.7. The summed E-state index contributed by atoms with van der Waals surface area (Å²) >= 11 is 0. The molecular weight excluding hydrogens is 430 g/mol. The molecule has 0 saturated carbocycles. The molecule has 0 spiro atoms. The number of ether oxygens (including phenoxy) is 3. The van der Waals surface area contributed by atoms with Crippen molar-refractivity contribution in [1.82, 2.24) is 19.1 Å². The summed E-state index contributed by atoms with van der Waals surface area (Å²) in [7, 11) is 1.55. The quantitative estimate of drug-likeness (QED) is 0.498. The number of hydrogen-bond acceptors (Lipinski definition) is 8. The Morgan fingerprint density at radius 3 is 2.58 bits per heavy atom. The highest BCUT2D eigenvalue weighted by atomic mass is 16.5.